The van der Waals surface area contributed by atoms with E-state index in [1.54, 1.807) is 36.7 Å². The van der Waals surface area contributed by atoms with Crippen LogP contribution in [0, 0.1) is 6.92 Å². The van der Waals surface area contributed by atoms with E-state index in [1.165, 1.54) is 0 Å². The number of amides is 1. The van der Waals surface area contributed by atoms with Gasteiger partial charge in [-0.3, -0.25) is 4.79 Å². The molecule has 2 N–H and O–H groups in total. The second-order valence-electron chi connectivity index (χ2n) is 3.58. The van der Waals surface area contributed by atoms with Crippen molar-refractivity contribution in [3.8, 4) is 0 Å². The number of anilines is 1. The second kappa shape index (κ2) is 5.54. The Hall–Kier alpha value is -2.02. The zero-order valence-corrected chi connectivity index (χ0v) is 10.9. The van der Waals surface area contributed by atoms with Gasteiger partial charge in [-0.05, 0) is 19.1 Å². The second-order valence-corrected chi connectivity index (χ2v) is 4.90. The first-order valence-corrected chi connectivity index (χ1v) is 6.21. The minimum Gasteiger partial charge on any atom is -0.372 e. The molecule has 0 atom stereocenters. The Morgan fingerprint density at radius 2 is 2.22 bits per heavy atom. The summed E-state index contributed by atoms with van der Waals surface area (Å²) in [6, 6.07) is 3.34. The van der Waals surface area contributed by atoms with E-state index in [0.29, 0.717) is 18.1 Å². The summed E-state index contributed by atoms with van der Waals surface area (Å²) in [6.45, 7) is 2.39. The molecule has 2 aromatic rings. The highest BCUT2D eigenvalue weighted by Crippen LogP contribution is 2.11. The molecule has 0 saturated carbocycles. The molecule has 2 rings (SSSR count). The molecule has 0 aliphatic heterocycles. The highest BCUT2D eigenvalue weighted by atomic mass is 32.1. The van der Waals surface area contributed by atoms with Crippen LogP contribution in [0.15, 0.2) is 18.3 Å². The van der Waals surface area contributed by atoms with Crippen LogP contribution >= 0.6 is 11.3 Å². The van der Waals surface area contributed by atoms with Crippen LogP contribution in [0.3, 0.4) is 0 Å². The predicted molar refractivity (Wildman–Crippen MR) is 69.6 cm³/mol. The Labute approximate surface area is 108 Å². The molecule has 0 bridgehead atoms. The number of thiazole rings is 1. The van der Waals surface area contributed by atoms with E-state index in [0.717, 1.165) is 9.88 Å². The molecular weight excluding hydrogens is 250 g/mol. The van der Waals surface area contributed by atoms with Crippen LogP contribution in [-0.2, 0) is 6.54 Å². The fourth-order valence-corrected chi connectivity index (χ4v) is 2.07. The molecule has 94 valence electrons. The van der Waals surface area contributed by atoms with Crippen LogP contribution in [0.1, 0.15) is 20.4 Å². The number of aryl methyl sites for hydroxylation is 1. The number of rotatable bonds is 4. The van der Waals surface area contributed by atoms with Gasteiger partial charge in [0.1, 0.15) is 5.82 Å². The minimum absolute atomic E-state index is 0.240. The predicted octanol–water partition coefficient (Wildman–Crippen LogP) is 1.21. The summed E-state index contributed by atoms with van der Waals surface area (Å²) < 4.78 is 0. The Morgan fingerprint density at radius 3 is 2.78 bits per heavy atom. The molecule has 0 aliphatic rings. The summed E-state index contributed by atoms with van der Waals surface area (Å²) in [7, 11) is 1.75. The average Bonchev–Trinajstić information content (AvgIpc) is 2.82. The van der Waals surface area contributed by atoms with Crippen molar-refractivity contribution >= 4 is 23.1 Å². The SMILES string of the molecule is CNc1ccc(C(=O)NCc2cnc(C)s2)nn1. The normalized spacial score (nSPS) is 10.1. The topological polar surface area (TPSA) is 79.8 Å². The van der Waals surface area contributed by atoms with E-state index < -0.39 is 0 Å². The third-order valence-electron chi connectivity index (χ3n) is 2.25. The smallest absolute Gasteiger partial charge is 0.272 e. The largest absolute Gasteiger partial charge is 0.372 e. The van der Waals surface area contributed by atoms with E-state index >= 15 is 0 Å². The summed E-state index contributed by atoms with van der Waals surface area (Å²) in [5.74, 6) is 0.390. The zero-order chi connectivity index (χ0) is 13.0. The van der Waals surface area contributed by atoms with Gasteiger partial charge in [0.25, 0.3) is 5.91 Å². The number of carbonyl (C=O) groups excluding carboxylic acids is 1. The Morgan fingerprint density at radius 1 is 1.39 bits per heavy atom. The van der Waals surface area contributed by atoms with E-state index in [9.17, 15) is 4.79 Å². The molecule has 6 nitrogen and oxygen atoms in total. The van der Waals surface area contributed by atoms with E-state index in [4.69, 9.17) is 0 Å². The van der Waals surface area contributed by atoms with Crippen molar-refractivity contribution in [3.05, 3.63) is 33.9 Å². The summed E-state index contributed by atoms with van der Waals surface area (Å²) in [5.41, 5.74) is 0.301. The Bertz CT molecular complexity index is 537. The molecule has 2 heterocycles. The van der Waals surface area contributed by atoms with Crippen molar-refractivity contribution in [2.75, 3.05) is 12.4 Å². The van der Waals surface area contributed by atoms with Gasteiger partial charge in [0.2, 0.25) is 0 Å². The molecule has 18 heavy (non-hydrogen) atoms. The van der Waals surface area contributed by atoms with E-state index in [1.807, 2.05) is 6.92 Å². The third-order valence-corrected chi connectivity index (χ3v) is 3.16. The Balaban J connectivity index is 1.94. The molecule has 0 unspecified atom stereocenters. The highest BCUT2D eigenvalue weighted by Gasteiger charge is 2.08. The highest BCUT2D eigenvalue weighted by molar-refractivity contribution is 7.11. The van der Waals surface area contributed by atoms with Crippen molar-refractivity contribution in [2.24, 2.45) is 0 Å². The molecule has 0 fully saturated rings. The first-order chi connectivity index (χ1) is 8.69. The lowest BCUT2D eigenvalue weighted by Crippen LogP contribution is -2.23. The number of aromatic nitrogens is 3. The van der Waals surface area contributed by atoms with Gasteiger partial charge >= 0.3 is 0 Å². The summed E-state index contributed by atoms with van der Waals surface area (Å²) in [4.78, 5) is 16.9. The van der Waals surface area contributed by atoms with Crippen molar-refractivity contribution in [1.82, 2.24) is 20.5 Å². The van der Waals surface area contributed by atoms with Crippen molar-refractivity contribution < 1.29 is 4.79 Å². The number of hydrogen-bond donors (Lipinski definition) is 2. The summed E-state index contributed by atoms with van der Waals surface area (Å²) in [6.07, 6.45) is 1.76. The molecule has 2 aromatic heterocycles. The lowest BCUT2D eigenvalue weighted by molar-refractivity contribution is 0.0945. The van der Waals surface area contributed by atoms with E-state index in [2.05, 4.69) is 25.8 Å². The standard InChI is InChI=1S/C11H13N5OS/c1-7-13-5-8(18-7)6-14-11(17)9-3-4-10(12-2)16-15-9/h3-5H,6H2,1-2H3,(H,12,16)(H,14,17). The molecule has 0 aliphatic carbocycles. The summed E-state index contributed by atoms with van der Waals surface area (Å²) in [5, 5.41) is 14.3. The average molecular weight is 263 g/mol. The van der Waals surface area contributed by atoms with Gasteiger partial charge in [0.05, 0.1) is 11.6 Å². The maximum absolute atomic E-state index is 11.8. The van der Waals surface area contributed by atoms with Gasteiger partial charge in [-0.2, -0.15) is 0 Å². The van der Waals surface area contributed by atoms with Crippen LogP contribution < -0.4 is 10.6 Å². The fourth-order valence-electron chi connectivity index (χ4n) is 1.33. The first kappa shape index (κ1) is 12.4. The lowest BCUT2D eigenvalue weighted by atomic mass is 10.3. The minimum atomic E-state index is -0.240. The molecule has 1 amide bonds. The van der Waals surface area contributed by atoms with Gasteiger partial charge in [-0.15, -0.1) is 21.5 Å². The lowest BCUT2D eigenvalue weighted by Gasteiger charge is -2.02. The van der Waals surface area contributed by atoms with Crippen LogP contribution in [0.25, 0.3) is 0 Å². The third kappa shape index (κ3) is 3.01. The van der Waals surface area contributed by atoms with Gasteiger partial charge in [-0.25, -0.2) is 4.98 Å². The van der Waals surface area contributed by atoms with Crippen LogP contribution in [0.5, 0.6) is 0 Å². The maximum atomic E-state index is 11.8. The van der Waals surface area contributed by atoms with Crippen molar-refractivity contribution in [2.45, 2.75) is 13.5 Å². The number of carbonyl (C=O) groups is 1. The van der Waals surface area contributed by atoms with Gasteiger partial charge in [0, 0.05) is 18.1 Å². The molecule has 0 aromatic carbocycles. The number of nitrogens with one attached hydrogen (secondary N) is 2. The summed E-state index contributed by atoms with van der Waals surface area (Å²) >= 11 is 1.56. The van der Waals surface area contributed by atoms with Crippen LogP contribution in [0.2, 0.25) is 0 Å². The monoisotopic (exact) mass is 263 g/mol. The van der Waals surface area contributed by atoms with Gasteiger partial charge < -0.3 is 10.6 Å². The van der Waals surface area contributed by atoms with Gasteiger partial charge in [-0.1, -0.05) is 0 Å². The van der Waals surface area contributed by atoms with Crippen LogP contribution in [0.4, 0.5) is 5.82 Å². The quantitative estimate of drug-likeness (QED) is 0.866. The molecular formula is C11H13N5OS. The Kier molecular flexibility index (Phi) is 3.83. The maximum Gasteiger partial charge on any atom is 0.272 e. The number of hydrogen-bond acceptors (Lipinski definition) is 6. The molecule has 0 spiro atoms. The fraction of sp³-hybridized carbons (Fsp3) is 0.273. The molecule has 0 saturated heterocycles. The zero-order valence-electron chi connectivity index (χ0n) is 10.1. The van der Waals surface area contributed by atoms with Crippen molar-refractivity contribution in [1.29, 1.82) is 0 Å². The van der Waals surface area contributed by atoms with Gasteiger partial charge in [0.15, 0.2) is 5.69 Å². The van der Waals surface area contributed by atoms with Crippen molar-refractivity contribution in [3.63, 3.8) is 0 Å². The van der Waals surface area contributed by atoms with Crippen LogP contribution in [-0.4, -0.2) is 28.1 Å². The first-order valence-electron chi connectivity index (χ1n) is 5.40. The molecule has 0 radical (unpaired) electrons. The number of nitrogens with zero attached hydrogens (tertiary/aromatic N) is 3. The van der Waals surface area contributed by atoms with E-state index in [-0.39, 0.29) is 5.91 Å². The molecule has 7 heteroatoms.